The van der Waals surface area contributed by atoms with Crippen molar-refractivity contribution in [3.05, 3.63) is 84.4 Å². The quantitative estimate of drug-likeness (QED) is 0.0291. The molecule has 0 aliphatic carbocycles. The SMILES string of the molecule is C.Nc1c(N=Nc2ccc(C(=O)Nc3ccc(S(=O)(=O)CCOS(=O)(=O)[O-])cc3)cc2)cc(S(=O)(=O)[O-])c(N)c1N=Nc1ccc(S(=O)(=O)CCOS(=O)(=O)[O-])cc1.[Na+].[Na+].[Na+]. The van der Waals surface area contributed by atoms with Gasteiger partial charge in [-0.05, 0) is 78.9 Å². The van der Waals surface area contributed by atoms with Gasteiger partial charge >= 0.3 is 88.7 Å². The van der Waals surface area contributed by atoms with E-state index < -0.39 is 97.5 Å². The Balaban J connectivity index is 0.00000900. The van der Waals surface area contributed by atoms with E-state index in [0.717, 1.165) is 42.5 Å². The van der Waals surface area contributed by atoms with Crippen LogP contribution in [0.4, 0.5) is 39.8 Å². The van der Waals surface area contributed by atoms with E-state index in [1.807, 2.05) is 0 Å². The van der Waals surface area contributed by atoms with Crippen molar-refractivity contribution in [2.75, 3.05) is 41.5 Å². The Bertz CT molecular complexity index is 2800. The molecule has 0 fully saturated rings. The monoisotopic (exact) mass is 973 g/mol. The van der Waals surface area contributed by atoms with Gasteiger partial charge < -0.3 is 30.4 Å². The minimum Gasteiger partial charge on any atom is -0.744 e. The molecule has 0 radical (unpaired) electrons. The maximum Gasteiger partial charge on any atom is 1.00 e. The number of carbonyl (C=O) groups is 1. The zero-order valence-corrected chi connectivity index (χ0v) is 41.4. The fourth-order valence-corrected chi connectivity index (χ4v) is 7.94. The molecule has 0 atom stereocenters. The first-order valence-corrected chi connectivity index (χ1v) is 22.5. The molecule has 0 bridgehead atoms. The molecule has 4 aromatic rings. The van der Waals surface area contributed by atoms with Gasteiger partial charge in [0.2, 0.25) is 20.8 Å². The van der Waals surface area contributed by atoms with Crippen LogP contribution in [-0.4, -0.2) is 86.4 Å². The van der Waals surface area contributed by atoms with Gasteiger partial charge in [-0.1, -0.05) is 7.43 Å². The maximum absolute atomic E-state index is 12.8. The third-order valence-electron chi connectivity index (χ3n) is 7.08. The van der Waals surface area contributed by atoms with Crippen molar-refractivity contribution in [3.63, 3.8) is 0 Å². The summed E-state index contributed by atoms with van der Waals surface area (Å²) in [5, 5.41) is 18.0. The molecule has 0 spiro atoms. The Morgan fingerprint density at radius 3 is 1.43 bits per heavy atom. The largest absolute Gasteiger partial charge is 1.00 e. The molecule has 31 heteroatoms. The number of nitrogens with zero attached hydrogens (tertiary/aromatic N) is 4. The number of sulfone groups is 2. The second-order valence-electron chi connectivity index (χ2n) is 11.0. The fourth-order valence-electron chi connectivity index (χ4n) is 4.36. The number of anilines is 3. The molecule has 4 aromatic carbocycles. The van der Waals surface area contributed by atoms with E-state index >= 15 is 0 Å². The van der Waals surface area contributed by atoms with E-state index in [0.29, 0.717) is 0 Å². The van der Waals surface area contributed by atoms with E-state index in [9.17, 15) is 60.5 Å². The minimum absolute atomic E-state index is 0. The van der Waals surface area contributed by atoms with Crippen molar-refractivity contribution in [1.29, 1.82) is 0 Å². The molecule has 0 heterocycles. The summed E-state index contributed by atoms with van der Waals surface area (Å²) < 4.78 is 157. The molecule has 314 valence electrons. The number of carbonyl (C=O) groups excluding carboxylic acids is 1. The second kappa shape index (κ2) is 24.1. The number of nitrogen functional groups attached to an aromatic ring is 2. The molecule has 1 amide bonds. The first-order valence-electron chi connectivity index (χ1n) is 15.1. The van der Waals surface area contributed by atoms with Crippen LogP contribution in [0.15, 0.2) is 114 Å². The number of azo groups is 2. The van der Waals surface area contributed by atoms with Crippen molar-refractivity contribution in [3.8, 4) is 0 Å². The van der Waals surface area contributed by atoms with Crippen LogP contribution >= 0.6 is 0 Å². The number of hydrogen-bond acceptors (Lipinski definition) is 22. The topological polar surface area (TPSA) is 389 Å². The number of hydrogen-bond donors (Lipinski definition) is 3. The van der Waals surface area contributed by atoms with Crippen molar-refractivity contribution in [1.82, 2.24) is 0 Å². The zero-order chi connectivity index (χ0) is 42.4. The standard InChI is InChI=1S/C29H29N7O16S5.CH4.3Na/c30-26-24(17-25(55(42,43)44)27(31)28(26)36-34-21-7-11-23(12-8-21)54(40,41)16-14-52-57(48,49)50)35-33-20-3-1-18(2-4-20)29(37)32-19-5-9-22(10-6-19)53(38,39)15-13-51-56(45,46)47;;;;/h1-12,17H,13-16,30-31H2,(H,32,37)(H,42,43,44)(H,45,46,47)(H,48,49,50);1H4;;;/q;;3*+1/p-3. The maximum atomic E-state index is 12.8. The van der Waals surface area contributed by atoms with Crippen molar-refractivity contribution >= 4 is 96.3 Å². The van der Waals surface area contributed by atoms with Crippen molar-refractivity contribution in [2.45, 2.75) is 22.1 Å². The molecule has 23 nitrogen and oxygen atoms in total. The summed E-state index contributed by atoms with van der Waals surface area (Å²) in [7, 11) is -23.5. The van der Waals surface area contributed by atoms with Gasteiger partial charge in [-0.25, -0.2) is 42.1 Å². The molecule has 0 saturated heterocycles. The molecule has 5 N–H and O–H groups in total. The summed E-state index contributed by atoms with van der Waals surface area (Å²) in [5.41, 5.74) is 10.4. The van der Waals surface area contributed by atoms with Gasteiger partial charge in [-0.15, -0.1) is 10.2 Å². The molecule has 0 unspecified atom stereocenters. The molecule has 0 aromatic heterocycles. The Kier molecular flexibility index (Phi) is 23.2. The number of rotatable bonds is 17. The van der Waals surface area contributed by atoms with Gasteiger partial charge in [-0.3, -0.25) is 13.2 Å². The third kappa shape index (κ3) is 18.0. The third-order valence-corrected chi connectivity index (χ3v) is 12.3. The van der Waals surface area contributed by atoms with Crippen LogP contribution in [0.25, 0.3) is 0 Å². The smallest absolute Gasteiger partial charge is 0.744 e. The zero-order valence-electron chi connectivity index (χ0n) is 31.4. The number of nitrogens with one attached hydrogen (secondary N) is 1. The van der Waals surface area contributed by atoms with E-state index in [4.69, 9.17) is 11.5 Å². The van der Waals surface area contributed by atoms with Gasteiger partial charge in [0.25, 0.3) is 5.91 Å². The normalized spacial score (nSPS) is 12.1. The summed E-state index contributed by atoms with van der Waals surface area (Å²) in [5.74, 6) is -2.27. The first-order chi connectivity index (χ1) is 26.3. The molecule has 0 aliphatic rings. The van der Waals surface area contributed by atoms with E-state index in [1.54, 1.807) is 0 Å². The number of nitrogens with two attached hydrogens (primary N) is 2. The summed E-state index contributed by atoms with van der Waals surface area (Å²) in [4.78, 5) is 11.3. The fraction of sp³-hybridized carbons (Fsp3) is 0.167. The summed E-state index contributed by atoms with van der Waals surface area (Å²) in [6, 6.07) is 15.3. The van der Waals surface area contributed by atoms with Crippen LogP contribution in [-0.2, 0) is 59.0 Å². The average molecular weight is 974 g/mol. The number of benzene rings is 4. The predicted octanol–water partition coefficient (Wildman–Crippen LogP) is -6.01. The average Bonchev–Trinajstić information content (AvgIpc) is 3.10. The molecular formula is C30H30N7Na3O16S5. The molecule has 0 aliphatic heterocycles. The Morgan fingerprint density at radius 1 is 0.590 bits per heavy atom. The van der Waals surface area contributed by atoms with Crippen LogP contribution in [0.3, 0.4) is 0 Å². The summed E-state index contributed by atoms with van der Waals surface area (Å²) >= 11 is 0. The van der Waals surface area contributed by atoms with Gasteiger partial charge in [0.05, 0.1) is 62.2 Å². The van der Waals surface area contributed by atoms with Gasteiger partial charge in [-0.2, -0.15) is 10.2 Å². The Morgan fingerprint density at radius 2 is 1.00 bits per heavy atom. The molecule has 0 saturated carbocycles. The van der Waals surface area contributed by atoms with Crippen LogP contribution < -0.4 is 105 Å². The molecule has 4 rings (SSSR count). The summed E-state index contributed by atoms with van der Waals surface area (Å²) in [6.07, 6.45) is 0. The molecule has 61 heavy (non-hydrogen) atoms. The second-order valence-corrected chi connectivity index (χ2v) is 18.7. The van der Waals surface area contributed by atoms with Crippen molar-refractivity contribution < 1.29 is 158 Å². The summed E-state index contributed by atoms with van der Waals surface area (Å²) in [6.45, 7) is -1.80. The van der Waals surface area contributed by atoms with Gasteiger partial charge in [0.15, 0.2) is 19.7 Å². The van der Waals surface area contributed by atoms with Crippen LogP contribution in [0.5, 0.6) is 0 Å². The van der Waals surface area contributed by atoms with Crippen molar-refractivity contribution in [2.24, 2.45) is 20.5 Å². The van der Waals surface area contributed by atoms with Gasteiger partial charge in [0, 0.05) is 11.3 Å². The van der Waals surface area contributed by atoms with Crippen LogP contribution in [0.2, 0.25) is 0 Å². The van der Waals surface area contributed by atoms with E-state index in [2.05, 4.69) is 34.1 Å². The van der Waals surface area contributed by atoms with Crippen LogP contribution in [0.1, 0.15) is 17.8 Å². The van der Waals surface area contributed by atoms with E-state index in [-0.39, 0.29) is 140 Å². The molecular weight excluding hydrogens is 944 g/mol. The predicted molar refractivity (Wildman–Crippen MR) is 201 cm³/mol. The Labute approximate surface area is 417 Å². The Hall–Kier alpha value is -2.30. The van der Waals surface area contributed by atoms with E-state index in [1.165, 1.54) is 36.4 Å². The van der Waals surface area contributed by atoms with Crippen LogP contribution in [0, 0.1) is 0 Å². The first kappa shape index (κ1) is 58.7. The minimum atomic E-state index is -5.24. The van der Waals surface area contributed by atoms with Gasteiger partial charge in [0.1, 0.15) is 21.5 Å². The number of amides is 1.